The summed E-state index contributed by atoms with van der Waals surface area (Å²) < 4.78 is 38.3. The van der Waals surface area contributed by atoms with E-state index in [0.717, 1.165) is 6.07 Å². The summed E-state index contributed by atoms with van der Waals surface area (Å²) in [6.45, 7) is 3.64. The van der Waals surface area contributed by atoms with Crippen LogP contribution in [0.2, 0.25) is 0 Å². The van der Waals surface area contributed by atoms with Gasteiger partial charge in [-0.05, 0) is 24.0 Å². The van der Waals surface area contributed by atoms with Gasteiger partial charge in [0.1, 0.15) is 0 Å². The number of benzene rings is 1. The van der Waals surface area contributed by atoms with Crippen molar-refractivity contribution in [2.75, 3.05) is 0 Å². The van der Waals surface area contributed by atoms with Crippen molar-refractivity contribution in [1.29, 1.82) is 0 Å². The maximum atomic E-state index is 13.1. The second-order valence-electron chi connectivity index (χ2n) is 3.07. The number of halogens is 3. The van der Waals surface area contributed by atoms with Crippen molar-refractivity contribution in [1.82, 2.24) is 0 Å². The lowest BCUT2D eigenvalue weighted by atomic mass is 9.98. The Kier molecular flexibility index (Phi) is 2.96. The third-order valence-corrected chi connectivity index (χ3v) is 2.21. The molecule has 0 aromatic heterocycles. The summed E-state index contributed by atoms with van der Waals surface area (Å²) in [5, 5.41) is 0. The van der Waals surface area contributed by atoms with E-state index in [-0.39, 0.29) is 11.5 Å². The monoisotopic (exact) mass is 188 g/mol. The summed E-state index contributed by atoms with van der Waals surface area (Å²) in [6, 6.07) is 2.25. The van der Waals surface area contributed by atoms with Gasteiger partial charge in [0, 0.05) is 0 Å². The van der Waals surface area contributed by atoms with Gasteiger partial charge in [-0.1, -0.05) is 19.9 Å². The lowest BCUT2D eigenvalue weighted by Gasteiger charge is -2.10. The van der Waals surface area contributed by atoms with Crippen LogP contribution in [0.1, 0.15) is 31.7 Å². The van der Waals surface area contributed by atoms with E-state index in [1.165, 1.54) is 6.07 Å². The molecule has 0 bridgehead atoms. The minimum absolute atomic E-state index is 0.0879. The molecule has 0 aliphatic carbocycles. The molecule has 0 spiro atoms. The van der Waals surface area contributed by atoms with E-state index in [2.05, 4.69) is 0 Å². The fourth-order valence-corrected chi connectivity index (χ4v) is 1.14. The Morgan fingerprint density at radius 3 is 2.31 bits per heavy atom. The number of hydrogen-bond acceptors (Lipinski definition) is 0. The van der Waals surface area contributed by atoms with Gasteiger partial charge >= 0.3 is 0 Å². The Balaban J connectivity index is 3.18. The zero-order chi connectivity index (χ0) is 10.0. The van der Waals surface area contributed by atoms with Crippen LogP contribution in [0.4, 0.5) is 13.2 Å². The van der Waals surface area contributed by atoms with Crippen LogP contribution in [0.3, 0.4) is 0 Å². The van der Waals surface area contributed by atoms with E-state index in [4.69, 9.17) is 0 Å². The van der Waals surface area contributed by atoms with Crippen molar-refractivity contribution in [2.45, 2.75) is 26.2 Å². The van der Waals surface area contributed by atoms with Crippen molar-refractivity contribution in [3.8, 4) is 0 Å². The summed E-state index contributed by atoms with van der Waals surface area (Å²) >= 11 is 0. The van der Waals surface area contributed by atoms with Gasteiger partial charge in [0.05, 0.1) is 0 Å². The second kappa shape index (κ2) is 3.81. The van der Waals surface area contributed by atoms with Crippen LogP contribution >= 0.6 is 0 Å². The summed E-state index contributed by atoms with van der Waals surface area (Å²) in [5.41, 5.74) is 0.237. The van der Waals surface area contributed by atoms with Gasteiger partial charge in [-0.3, -0.25) is 0 Å². The maximum absolute atomic E-state index is 13.1. The molecule has 1 rings (SSSR count). The molecule has 0 aliphatic rings. The van der Waals surface area contributed by atoms with Gasteiger partial charge in [0.2, 0.25) is 0 Å². The van der Waals surface area contributed by atoms with Crippen LogP contribution in [0.5, 0.6) is 0 Å². The maximum Gasteiger partial charge on any atom is 0.194 e. The predicted molar refractivity (Wildman–Crippen MR) is 45.0 cm³/mol. The van der Waals surface area contributed by atoms with Crippen molar-refractivity contribution >= 4 is 0 Å². The standard InChI is InChI=1S/C10H11F3/c1-3-6(2)7-4-5-8(11)10(13)9(7)12/h4-6H,3H2,1-2H3. The van der Waals surface area contributed by atoms with Gasteiger partial charge < -0.3 is 0 Å². The molecule has 0 nitrogen and oxygen atoms in total. The molecule has 1 unspecified atom stereocenters. The highest BCUT2D eigenvalue weighted by atomic mass is 19.2. The van der Waals surface area contributed by atoms with Crippen molar-refractivity contribution in [3.05, 3.63) is 35.1 Å². The first kappa shape index (κ1) is 10.1. The minimum Gasteiger partial charge on any atom is -0.204 e. The highest BCUT2D eigenvalue weighted by Gasteiger charge is 2.16. The van der Waals surface area contributed by atoms with Crippen molar-refractivity contribution in [3.63, 3.8) is 0 Å². The van der Waals surface area contributed by atoms with Crippen LogP contribution < -0.4 is 0 Å². The van der Waals surface area contributed by atoms with E-state index >= 15 is 0 Å². The molecule has 0 aliphatic heterocycles. The molecule has 0 N–H and O–H groups in total. The average Bonchev–Trinajstić information content (AvgIpc) is 2.13. The lowest BCUT2D eigenvalue weighted by molar-refractivity contribution is 0.436. The zero-order valence-electron chi connectivity index (χ0n) is 7.57. The fourth-order valence-electron chi connectivity index (χ4n) is 1.14. The van der Waals surface area contributed by atoms with Crippen LogP contribution in [-0.4, -0.2) is 0 Å². The van der Waals surface area contributed by atoms with E-state index in [1.54, 1.807) is 6.92 Å². The SMILES string of the molecule is CCC(C)c1ccc(F)c(F)c1F. The molecule has 0 saturated heterocycles. The van der Waals surface area contributed by atoms with Crippen LogP contribution in [-0.2, 0) is 0 Å². The first-order valence-electron chi connectivity index (χ1n) is 4.21. The topological polar surface area (TPSA) is 0 Å². The molecular formula is C10H11F3. The van der Waals surface area contributed by atoms with Crippen LogP contribution in [0.15, 0.2) is 12.1 Å². The van der Waals surface area contributed by atoms with Crippen LogP contribution in [0, 0.1) is 17.5 Å². The lowest BCUT2D eigenvalue weighted by Crippen LogP contribution is -2.00. The van der Waals surface area contributed by atoms with Crippen molar-refractivity contribution < 1.29 is 13.2 Å². The molecule has 0 amide bonds. The number of rotatable bonds is 2. The van der Waals surface area contributed by atoms with Gasteiger partial charge in [-0.15, -0.1) is 0 Å². The first-order chi connectivity index (χ1) is 6.07. The smallest absolute Gasteiger partial charge is 0.194 e. The quantitative estimate of drug-likeness (QED) is 0.622. The number of hydrogen-bond donors (Lipinski definition) is 0. The van der Waals surface area contributed by atoms with E-state index in [0.29, 0.717) is 6.42 Å². The summed E-state index contributed by atoms with van der Waals surface area (Å²) in [7, 11) is 0. The third kappa shape index (κ3) is 1.85. The highest BCUT2D eigenvalue weighted by molar-refractivity contribution is 5.23. The predicted octanol–water partition coefficient (Wildman–Crippen LogP) is 3.62. The Morgan fingerprint density at radius 2 is 1.77 bits per heavy atom. The van der Waals surface area contributed by atoms with Gasteiger partial charge in [-0.25, -0.2) is 13.2 Å². The second-order valence-corrected chi connectivity index (χ2v) is 3.07. The molecule has 0 radical (unpaired) electrons. The first-order valence-corrected chi connectivity index (χ1v) is 4.21. The van der Waals surface area contributed by atoms with Gasteiger partial charge in [0.15, 0.2) is 17.5 Å². The summed E-state index contributed by atoms with van der Waals surface area (Å²) in [5.74, 6) is -3.66. The Hall–Kier alpha value is -0.990. The molecule has 72 valence electrons. The molecular weight excluding hydrogens is 177 g/mol. The summed E-state index contributed by atoms with van der Waals surface area (Å²) in [6.07, 6.45) is 0.696. The molecule has 3 heteroatoms. The zero-order valence-corrected chi connectivity index (χ0v) is 7.57. The molecule has 13 heavy (non-hydrogen) atoms. The highest BCUT2D eigenvalue weighted by Crippen LogP contribution is 2.24. The normalized spacial score (nSPS) is 13.0. The molecule has 0 saturated carbocycles. The Labute approximate surface area is 75.4 Å². The largest absolute Gasteiger partial charge is 0.204 e. The average molecular weight is 188 g/mol. The Morgan fingerprint density at radius 1 is 1.15 bits per heavy atom. The molecule has 1 aromatic rings. The minimum atomic E-state index is -1.38. The third-order valence-electron chi connectivity index (χ3n) is 2.21. The van der Waals surface area contributed by atoms with Gasteiger partial charge in [0.25, 0.3) is 0 Å². The van der Waals surface area contributed by atoms with E-state index in [9.17, 15) is 13.2 Å². The van der Waals surface area contributed by atoms with E-state index in [1.807, 2.05) is 6.92 Å². The van der Waals surface area contributed by atoms with Gasteiger partial charge in [-0.2, -0.15) is 0 Å². The van der Waals surface area contributed by atoms with E-state index < -0.39 is 17.5 Å². The van der Waals surface area contributed by atoms with Crippen LogP contribution in [0.25, 0.3) is 0 Å². The molecule has 0 heterocycles. The van der Waals surface area contributed by atoms with Crippen molar-refractivity contribution in [2.24, 2.45) is 0 Å². The molecule has 1 aromatic carbocycles. The fraction of sp³-hybridized carbons (Fsp3) is 0.400. The summed E-state index contributed by atoms with van der Waals surface area (Å²) in [4.78, 5) is 0. The Bertz CT molecular complexity index is 307. The molecule has 0 fully saturated rings. The molecule has 1 atom stereocenters.